The van der Waals surface area contributed by atoms with Crippen molar-refractivity contribution in [3.05, 3.63) is 57.0 Å². The fourth-order valence-corrected chi connectivity index (χ4v) is 3.93. The Kier molecular flexibility index (Phi) is 5.22. The highest BCUT2D eigenvalue weighted by molar-refractivity contribution is 9.11. The fourth-order valence-electron chi connectivity index (χ4n) is 1.58. The molecule has 9 heteroatoms. The number of nitrogens with one attached hydrogen (secondary N) is 2. The van der Waals surface area contributed by atoms with Crippen LogP contribution in [0.3, 0.4) is 0 Å². The number of benzene rings is 2. The van der Waals surface area contributed by atoms with Crippen molar-refractivity contribution in [2.75, 3.05) is 0 Å². The summed E-state index contributed by atoms with van der Waals surface area (Å²) in [7, 11) is -3.97. The van der Waals surface area contributed by atoms with Crippen LogP contribution in [0.4, 0.5) is 0 Å². The van der Waals surface area contributed by atoms with Gasteiger partial charge in [-0.15, -0.1) is 4.83 Å². The van der Waals surface area contributed by atoms with Gasteiger partial charge in [0.2, 0.25) is 0 Å². The zero-order chi connectivity index (χ0) is 16.3. The molecule has 0 radical (unpaired) electrons. The zero-order valence-electron chi connectivity index (χ0n) is 10.9. The van der Waals surface area contributed by atoms with E-state index in [0.717, 1.165) is 0 Å². The number of phenolic OH excluding ortho intramolecular Hbond substituents is 1. The predicted molar refractivity (Wildman–Crippen MR) is 87.7 cm³/mol. The number of phenols is 1. The summed E-state index contributed by atoms with van der Waals surface area (Å²) in [6.07, 6.45) is 0. The molecule has 1 amide bonds. The van der Waals surface area contributed by atoms with Crippen molar-refractivity contribution in [3.63, 3.8) is 0 Å². The number of aromatic hydroxyl groups is 1. The number of para-hydroxylation sites is 1. The molecule has 0 bridgehead atoms. The molecule has 0 fully saturated rings. The quantitative estimate of drug-likeness (QED) is 0.625. The Morgan fingerprint density at radius 1 is 1.09 bits per heavy atom. The third-order valence-electron chi connectivity index (χ3n) is 2.63. The zero-order valence-corrected chi connectivity index (χ0v) is 14.9. The minimum atomic E-state index is -3.97. The lowest BCUT2D eigenvalue weighted by atomic mass is 10.2. The summed E-state index contributed by atoms with van der Waals surface area (Å²) < 4.78 is 25.3. The molecule has 0 saturated heterocycles. The molecule has 0 heterocycles. The largest absolute Gasteiger partial charge is 0.507 e. The van der Waals surface area contributed by atoms with Gasteiger partial charge in [0.1, 0.15) is 5.75 Å². The fraction of sp³-hybridized carbons (Fsp3) is 0. The number of amides is 1. The van der Waals surface area contributed by atoms with E-state index in [2.05, 4.69) is 37.3 Å². The highest BCUT2D eigenvalue weighted by Crippen LogP contribution is 2.25. The normalized spacial score (nSPS) is 11.2. The molecular weight excluding hydrogens is 440 g/mol. The Bertz CT molecular complexity index is 825. The molecule has 0 aromatic heterocycles. The van der Waals surface area contributed by atoms with Gasteiger partial charge < -0.3 is 5.11 Å². The number of hydrogen-bond acceptors (Lipinski definition) is 4. The molecule has 0 aliphatic heterocycles. The predicted octanol–water partition coefficient (Wildman–Crippen LogP) is 2.54. The minimum Gasteiger partial charge on any atom is -0.507 e. The van der Waals surface area contributed by atoms with E-state index < -0.39 is 15.9 Å². The summed E-state index contributed by atoms with van der Waals surface area (Å²) in [5.74, 6) is -1.02. The first-order valence-electron chi connectivity index (χ1n) is 5.86. The van der Waals surface area contributed by atoms with Crippen molar-refractivity contribution >= 4 is 47.8 Å². The van der Waals surface area contributed by atoms with E-state index in [0.29, 0.717) is 8.95 Å². The van der Waals surface area contributed by atoms with Crippen molar-refractivity contribution in [2.24, 2.45) is 0 Å². The van der Waals surface area contributed by atoms with Gasteiger partial charge in [0.15, 0.2) is 0 Å². The Morgan fingerprint density at radius 2 is 1.77 bits per heavy atom. The van der Waals surface area contributed by atoms with Gasteiger partial charge in [0, 0.05) is 8.95 Å². The summed E-state index contributed by atoms with van der Waals surface area (Å²) in [6, 6.07) is 10.4. The maximum Gasteiger partial charge on any atom is 0.269 e. The molecule has 0 saturated carbocycles. The number of carbonyl (C=O) groups is 1. The van der Waals surface area contributed by atoms with Crippen LogP contribution >= 0.6 is 31.9 Å². The maximum absolute atomic E-state index is 12.2. The van der Waals surface area contributed by atoms with Crippen LogP contribution in [0.2, 0.25) is 0 Å². The van der Waals surface area contributed by atoms with Crippen molar-refractivity contribution in [3.8, 4) is 5.75 Å². The maximum atomic E-state index is 12.2. The molecular formula is C13H10Br2N2O4S. The van der Waals surface area contributed by atoms with Crippen molar-refractivity contribution in [1.82, 2.24) is 10.3 Å². The number of rotatable bonds is 4. The van der Waals surface area contributed by atoms with Crippen LogP contribution in [-0.2, 0) is 10.0 Å². The molecule has 0 spiro atoms. The number of carbonyl (C=O) groups excluding carboxylic acids is 1. The minimum absolute atomic E-state index is 0.0422. The summed E-state index contributed by atoms with van der Waals surface area (Å²) in [5.41, 5.74) is 2.01. The van der Waals surface area contributed by atoms with Crippen LogP contribution in [0.15, 0.2) is 56.3 Å². The smallest absolute Gasteiger partial charge is 0.269 e. The Hall–Kier alpha value is -1.42. The number of sulfonamides is 1. The van der Waals surface area contributed by atoms with Gasteiger partial charge in [-0.2, -0.15) is 0 Å². The lowest BCUT2D eigenvalue weighted by molar-refractivity contribution is 0.0942. The van der Waals surface area contributed by atoms with E-state index in [1.165, 1.54) is 18.2 Å². The van der Waals surface area contributed by atoms with Gasteiger partial charge >= 0.3 is 0 Å². The molecule has 2 aromatic rings. The lowest BCUT2D eigenvalue weighted by Gasteiger charge is -2.10. The van der Waals surface area contributed by atoms with E-state index >= 15 is 0 Å². The van der Waals surface area contributed by atoms with Gasteiger partial charge in [0.25, 0.3) is 15.9 Å². The molecule has 6 nitrogen and oxygen atoms in total. The van der Waals surface area contributed by atoms with Crippen molar-refractivity contribution < 1.29 is 18.3 Å². The molecule has 0 aliphatic rings. The molecule has 3 N–H and O–H groups in total. The third kappa shape index (κ3) is 3.86. The average molecular weight is 450 g/mol. The third-order valence-corrected chi connectivity index (χ3v) is 5.37. The van der Waals surface area contributed by atoms with Crippen molar-refractivity contribution in [2.45, 2.75) is 4.90 Å². The van der Waals surface area contributed by atoms with Gasteiger partial charge in [-0.1, -0.05) is 28.1 Å². The standard InChI is InChI=1S/C13H10Br2N2O4S/c14-8-5-6-10(15)12(7-8)22(20,21)17-16-13(19)9-3-1-2-4-11(9)18/h1-7,17-18H,(H,16,19). The average Bonchev–Trinajstić information content (AvgIpc) is 2.48. The van der Waals surface area contributed by atoms with Crippen LogP contribution in [0, 0.1) is 0 Å². The molecule has 2 rings (SSSR count). The second kappa shape index (κ2) is 6.78. The molecule has 0 atom stereocenters. The number of hydrazine groups is 1. The van der Waals surface area contributed by atoms with Gasteiger partial charge in [-0.05, 0) is 46.3 Å². The van der Waals surface area contributed by atoms with Crippen molar-refractivity contribution in [1.29, 1.82) is 0 Å². The number of halogens is 2. The van der Waals surface area contributed by atoms with E-state index in [1.54, 1.807) is 24.3 Å². The first kappa shape index (κ1) is 16.9. The Morgan fingerprint density at radius 3 is 2.45 bits per heavy atom. The SMILES string of the molecule is O=C(NNS(=O)(=O)c1cc(Br)ccc1Br)c1ccccc1O. The Labute approximate surface area is 143 Å². The van der Waals surface area contributed by atoms with Crippen LogP contribution < -0.4 is 10.3 Å². The van der Waals surface area contributed by atoms with Crippen LogP contribution in [0.5, 0.6) is 5.75 Å². The topological polar surface area (TPSA) is 95.5 Å². The first-order valence-corrected chi connectivity index (χ1v) is 8.93. The van der Waals surface area contributed by atoms with Crippen LogP contribution in [0.25, 0.3) is 0 Å². The summed E-state index contributed by atoms with van der Waals surface area (Å²) >= 11 is 6.32. The first-order chi connectivity index (χ1) is 10.3. The van der Waals surface area contributed by atoms with Gasteiger partial charge in [-0.3, -0.25) is 10.2 Å². The van der Waals surface area contributed by atoms with E-state index in [-0.39, 0.29) is 16.2 Å². The second-order valence-electron chi connectivity index (χ2n) is 4.15. The van der Waals surface area contributed by atoms with E-state index in [9.17, 15) is 18.3 Å². The highest BCUT2D eigenvalue weighted by Gasteiger charge is 2.20. The van der Waals surface area contributed by atoms with E-state index in [1.807, 2.05) is 4.83 Å². The van der Waals surface area contributed by atoms with E-state index in [4.69, 9.17) is 0 Å². The van der Waals surface area contributed by atoms with Crippen LogP contribution in [-0.4, -0.2) is 19.4 Å². The summed E-state index contributed by atoms with van der Waals surface area (Å²) in [4.78, 5) is 13.8. The molecule has 0 unspecified atom stereocenters. The van der Waals surface area contributed by atoms with Gasteiger partial charge in [0.05, 0.1) is 10.5 Å². The lowest BCUT2D eigenvalue weighted by Crippen LogP contribution is -2.41. The monoisotopic (exact) mass is 448 g/mol. The highest BCUT2D eigenvalue weighted by atomic mass is 79.9. The van der Waals surface area contributed by atoms with Crippen LogP contribution in [0.1, 0.15) is 10.4 Å². The summed E-state index contributed by atoms with van der Waals surface area (Å²) in [5, 5.41) is 9.56. The second-order valence-corrected chi connectivity index (χ2v) is 7.57. The number of hydrogen-bond donors (Lipinski definition) is 3. The van der Waals surface area contributed by atoms with Gasteiger partial charge in [-0.25, -0.2) is 8.42 Å². The summed E-state index contributed by atoms with van der Waals surface area (Å²) in [6.45, 7) is 0. The molecule has 0 aliphatic carbocycles. The Balaban J connectivity index is 2.18. The molecule has 22 heavy (non-hydrogen) atoms. The molecule has 116 valence electrons. The molecule has 2 aromatic carbocycles.